The predicted molar refractivity (Wildman–Crippen MR) is 111 cm³/mol. The van der Waals surface area contributed by atoms with Crippen LogP contribution in [-0.2, 0) is 10.0 Å². The smallest absolute Gasteiger partial charge is 0.261 e. The minimum atomic E-state index is -3.84. The molecule has 6 nitrogen and oxygen atoms in total. The van der Waals surface area contributed by atoms with Gasteiger partial charge in [-0.25, -0.2) is 12.8 Å². The number of carbonyl (C=O) groups excluding carboxylic acids is 1. The van der Waals surface area contributed by atoms with Crippen molar-refractivity contribution in [3.8, 4) is 0 Å². The van der Waals surface area contributed by atoms with E-state index in [1.165, 1.54) is 36.4 Å². The topological polar surface area (TPSA) is 101 Å². The maximum Gasteiger partial charge on any atom is 0.261 e. The highest BCUT2D eigenvalue weighted by atomic mass is 35.5. The van der Waals surface area contributed by atoms with Crippen LogP contribution in [0.15, 0.2) is 53.4 Å². The number of hydrogen-bond acceptors (Lipinski definition) is 4. The second-order valence-electron chi connectivity index (χ2n) is 6.67. The van der Waals surface area contributed by atoms with Gasteiger partial charge in [-0.05, 0) is 60.9 Å². The van der Waals surface area contributed by atoms with Gasteiger partial charge < -0.3 is 11.1 Å². The molecule has 0 spiro atoms. The summed E-state index contributed by atoms with van der Waals surface area (Å²) in [5, 5.41) is 2.85. The molecule has 28 heavy (non-hydrogen) atoms. The third-order valence-electron chi connectivity index (χ3n) is 3.90. The van der Waals surface area contributed by atoms with Gasteiger partial charge in [0.25, 0.3) is 15.9 Å². The normalized spacial score (nSPS) is 12.2. The molecule has 0 saturated heterocycles. The van der Waals surface area contributed by atoms with Crippen molar-refractivity contribution >= 4 is 34.0 Å². The number of sulfonamides is 1. The highest BCUT2D eigenvalue weighted by Gasteiger charge is 2.17. The van der Waals surface area contributed by atoms with Crippen LogP contribution in [0.3, 0.4) is 0 Å². The maximum absolute atomic E-state index is 12.9. The van der Waals surface area contributed by atoms with Gasteiger partial charge in [-0.1, -0.05) is 13.8 Å². The first-order valence-electron chi connectivity index (χ1n) is 8.60. The van der Waals surface area contributed by atoms with Crippen LogP contribution in [0.4, 0.5) is 10.1 Å². The lowest BCUT2D eigenvalue weighted by atomic mass is 10.0. The number of carbonyl (C=O) groups is 1. The quantitative estimate of drug-likeness (QED) is 0.599. The fourth-order valence-corrected chi connectivity index (χ4v) is 3.63. The number of anilines is 1. The van der Waals surface area contributed by atoms with E-state index in [0.717, 1.165) is 18.6 Å². The zero-order valence-electron chi connectivity index (χ0n) is 15.7. The van der Waals surface area contributed by atoms with Gasteiger partial charge in [0, 0.05) is 23.8 Å². The zero-order chi connectivity index (χ0) is 20.0. The molecule has 2 aromatic carbocycles. The number of halogens is 2. The molecule has 0 saturated carbocycles. The third kappa shape index (κ3) is 6.78. The number of amides is 1. The van der Waals surface area contributed by atoms with Gasteiger partial charge in [0.1, 0.15) is 5.82 Å². The number of nitrogens with one attached hydrogen (secondary N) is 2. The molecule has 9 heteroatoms. The first-order chi connectivity index (χ1) is 12.7. The molecule has 0 aromatic heterocycles. The highest BCUT2D eigenvalue weighted by Crippen LogP contribution is 2.17. The van der Waals surface area contributed by atoms with Crippen LogP contribution in [-0.4, -0.2) is 26.9 Å². The van der Waals surface area contributed by atoms with Gasteiger partial charge in [-0.2, -0.15) is 0 Å². The molecule has 0 heterocycles. The van der Waals surface area contributed by atoms with Gasteiger partial charge >= 0.3 is 0 Å². The van der Waals surface area contributed by atoms with Crippen LogP contribution in [0.1, 0.15) is 30.6 Å². The molecule has 154 valence electrons. The largest absolute Gasteiger partial charge is 0.348 e. The Bertz CT molecular complexity index is 872. The van der Waals surface area contributed by atoms with E-state index in [9.17, 15) is 17.6 Å². The fraction of sp³-hybridized carbons (Fsp3) is 0.316. The molecule has 4 N–H and O–H groups in total. The molecular formula is C19H25ClFN3O3S. The Kier molecular flexibility index (Phi) is 8.87. The Hall–Kier alpha value is -2.16. The lowest BCUT2D eigenvalue weighted by molar-refractivity contribution is 0.0933. The summed E-state index contributed by atoms with van der Waals surface area (Å²) in [6.07, 6.45) is 0.760. The first kappa shape index (κ1) is 23.9. The molecule has 2 rings (SSSR count). The minimum absolute atomic E-state index is 0. The molecule has 1 amide bonds. The van der Waals surface area contributed by atoms with E-state index in [4.69, 9.17) is 5.73 Å². The van der Waals surface area contributed by atoms with Crippen LogP contribution >= 0.6 is 12.4 Å². The van der Waals surface area contributed by atoms with Gasteiger partial charge in [0.15, 0.2) is 0 Å². The summed E-state index contributed by atoms with van der Waals surface area (Å²) in [5.74, 6) is -0.369. The maximum atomic E-state index is 12.9. The van der Waals surface area contributed by atoms with Crippen molar-refractivity contribution in [1.29, 1.82) is 0 Å². The molecule has 1 unspecified atom stereocenters. The van der Waals surface area contributed by atoms with Gasteiger partial charge in [0.05, 0.1) is 4.90 Å². The van der Waals surface area contributed by atoms with Crippen molar-refractivity contribution in [3.05, 3.63) is 59.9 Å². The number of nitrogens with two attached hydrogens (primary N) is 1. The monoisotopic (exact) mass is 429 g/mol. The van der Waals surface area contributed by atoms with Gasteiger partial charge in [-0.15, -0.1) is 12.4 Å². The molecule has 0 aliphatic rings. The molecule has 0 aliphatic carbocycles. The molecular weight excluding hydrogens is 405 g/mol. The van der Waals surface area contributed by atoms with Gasteiger partial charge in [-0.3, -0.25) is 9.52 Å². The summed E-state index contributed by atoms with van der Waals surface area (Å²) in [5.41, 5.74) is 6.28. The van der Waals surface area contributed by atoms with Crippen LogP contribution in [0.5, 0.6) is 0 Å². The number of rotatable bonds is 8. The Morgan fingerprint density at radius 2 is 1.64 bits per heavy atom. The summed E-state index contributed by atoms with van der Waals surface area (Å²) >= 11 is 0. The Morgan fingerprint density at radius 1 is 1.07 bits per heavy atom. The molecule has 1 atom stereocenters. The number of hydrogen-bond donors (Lipinski definition) is 3. The van der Waals surface area contributed by atoms with E-state index in [2.05, 4.69) is 10.0 Å². The molecule has 0 bridgehead atoms. The Labute approximate surface area is 171 Å². The second kappa shape index (κ2) is 10.4. The summed E-state index contributed by atoms with van der Waals surface area (Å²) < 4.78 is 40.1. The van der Waals surface area contributed by atoms with Crippen molar-refractivity contribution in [2.24, 2.45) is 11.7 Å². The van der Waals surface area contributed by atoms with E-state index in [1.54, 1.807) is 0 Å². The Morgan fingerprint density at radius 3 is 2.14 bits per heavy atom. The molecule has 0 radical (unpaired) electrons. The van der Waals surface area contributed by atoms with Crippen molar-refractivity contribution in [2.75, 3.05) is 11.3 Å². The van der Waals surface area contributed by atoms with E-state index in [1.807, 2.05) is 13.8 Å². The summed E-state index contributed by atoms with van der Waals surface area (Å²) in [6, 6.07) is 10.4. The standard InChI is InChI=1S/C19H24FN3O3S.ClH/c1-13(2)11-17(12-21)22-19(24)14-3-9-18(10-4-14)27(25,26)23-16-7-5-15(20)6-8-16;/h3-10,13,17,23H,11-12,21H2,1-2H3,(H,22,24);1H. The van der Waals surface area contributed by atoms with Crippen molar-refractivity contribution < 1.29 is 17.6 Å². The molecule has 0 aliphatic heterocycles. The van der Waals surface area contributed by atoms with E-state index >= 15 is 0 Å². The van der Waals surface area contributed by atoms with E-state index < -0.39 is 15.8 Å². The van der Waals surface area contributed by atoms with E-state index in [-0.39, 0.29) is 34.9 Å². The minimum Gasteiger partial charge on any atom is -0.348 e. The Balaban J connectivity index is 0.00000392. The lowest BCUT2D eigenvalue weighted by Gasteiger charge is -2.19. The first-order valence-corrected chi connectivity index (χ1v) is 10.1. The van der Waals surface area contributed by atoms with Crippen molar-refractivity contribution in [1.82, 2.24) is 5.32 Å². The zero-order valence-corrected chi connectivity index (χ0v) is 17.3. The average molecular weight is 430 g/mol. The summed E-state index contributed by atoms with van der Waals surface area (Å²) in [7, 11) is -3.84. The average Bonchev–Trinajstić information content (AvgIpc) is 2.62. The van der Waals surface area contributed by atoms with Crippen LogP contribution < -0.4 is 15.8 Å². The second-order valence-corrected chi connectivity index (χ2v) is 8.35. The van der Waals surface area contributed by atoms with Crippen molar-refractivity contribution in [2.45, 2.75) is 31.2 Å². The summed E-state index contributed by atoms with van der Waals surface area (Å²) in [6.45, 7) is 4.42. The van der Waals surface area contributed by atoms with Crippen LogP contribution in [0.2, 0.25) is 0 Å². The number of benzene rings is 2. The summed E-state index contributed by atoms with van der Waals surface area (Å²) in [4.78, 5) is 12.3. The van der Waals surface area contributed by atoms with Crippen molar-refractivity contribution in [3.63, 3.8) is 0 Å². The lowest BCUT2D eigenvalue weighted by Crippen LogP contribution is -2.41. The SMILES string of the molecule is CC(C)CC(CN)NC(=O)c1ccc(S(=O)(=O)Nc2ccc(F)cc2)cc1.Cl. The third-order valence-corrected chi connectivity index (χ3v) is 5.30. The molecule has 2 aromatic rings. The van der Waals surface area contributed by atoms with E-state index in [0.29, 0.717) is 18.0 Å². The fourth-order valence-electron chi connectivity index (χ4n) is 2.57. The molecule has 0 fully saturated rings. The highest BCUT2D eigenvalue weighted by molar-refractivity contribution is 7.92. The van der Waals surface area contributed by atoms with Crippen LogP contribution in [0, 0.1) is 11.7 Å². The van der Waals surface area contributed by atoms with Crippen LogP contribution in [0.25, 0.3) is 0 Å². The van der Waals surface area contributed by atoms with Gasteiger partial charge in [0.2, 0.25) is 0 Å². The predicted octanol–water partition coefficient (Wildman–Crippen LogP) is 3.15.